The average molecular weight is 350 g/mol. The third-order valence-corrected chi connectivity index (χ3v) is 4.55. The minimum Gasteiger partial charge on any atom is -0.484 e. The molecule has 136 valence electrons. The molecule has 1 heterocycles. The van der Waals surface area contributed by atoms with Gasteiger partial charge in [0.2, 0.25) is 0 Å². The zero-order valence-corrected chi connectivity index (χ0v) is 15.3. The zero-order valence-electron chi connectivity index (χ0n) is 15.3. The molecule has 0 saturated carbocycles. The minimum atomic E-state index is 0.0611. The van der Waals surface area contributed by atoms with Gasteiger partial charge in [-0.25, -0.2) is 0 Å². The molecule has 2 aromatic rings. The predicted molar refractivity (Wildman–Crippen MR) is 105 cm³/mol. The van der Waals surface area contributed by atoms with E-state index < -0.39 is 0 Å². The van der Waals surface area contributed by atoms with Gasteiger partial charge >= 0.3 is 0 Å². The number of nitrogens with zero attached hydrogens (tertiary/aromatic N) is 2. The summed E-state index contributed by atoms with van der Waals surface area (Å²) in [6.07, 6.45) is 4.33. The lowest BCUT2D eigenvalue weighted by atomic mass is 10.2. The molecule has 2 aromatic carbocycles. The second-order valence-electron chi connectivity index (χ2n) is 6.60. The van der Waals surface area contributed by atoms with Crippen molar-refractivity contribution >= 4 is 12.0 Å². The Morgan fingerprint density at radius 1 is 1.04 bits per heavy atom. The molecule has 0 aliphatic carbocycles. The van der Waals surface area contributed by atoms with Crippen molar-refractivity contribution in [3.8, 4) is 5.75 Å². The standard InChI is InChI=1S/C22H26N2O2/c1-19-7-5-11-21(17-19)26-18-22(25)24-15-13-23(14-16-24)12-6-10-20-8-3-2-4-9-20/h2-11,17H,12-16,18H2,1H3/b10-6+. The van der Waals surface area contributed by atoms with E-state index in [2.05, 4.69) is 29.2 Å². The van der Waals surface area contributed by atoms with Crippen LogP contribution < -0.4 is 4.74 Å². The summed E-state index contributed by atoms with van der Waals surface area (Å²) in [5.74, 6) is 0.814. The van der Waals surface area contributed by atoms with E-state index in [0.29, 0.717) is 0 Å². The van der Waals surface area contributed by atoms with Crippen LogP contribution in [0.15, 0.2) is 60.7 Å². The molecule has 1 fully saturated rings. The van der Waals surface area contributed by atoms with Crippen LogP contribution in [0.1, 0.15) is 11.1 Å². The molecule has 4 heteroatoms. The third kappa shape index (κ3) is 5.46. The van der Waals surface area contributed by atoms with E-state index in [9.17, 15) is 4.79 Å². The van der Waals surface area contributed by atoms with E-state index >= 15 is 0 Å². The van der Waals surface area contributed by atoms with Crippen molar-refractivity contribution in [3.05, 3.63) is 71.8 Å². The summed E-state index contributed by atoms with van der Waals surface area (Å²) < 4.78 is 5.63. The highest BCUT2D eigenvalue weighted by Gasteiger charge is 2.20. The number of aryl methyl sites for hydroxylation is 1. The molecule has 3 rings (SSSR count). The summed E-state index contributed by atoms with van der Waals surface area (Å²) in [6, 6.07) is 18.1. The van der Waals surface area contributed by atoms with Crippen molar-refractivity contribution in [2.45, 2.75) is 6.92 Å². The molecular weight excluding hydrogens is 324 g/mol. The van der Waals surface area contributed by atoms with Gasteiger partial charge in [0.05, 0.1) is 0 Å². The number of hydrogen-bond donors (Lipinski definition) is 0. The molecule has 0 unspecified atom stereocenters. The Labute approximate surface area is 155 Å². The second-order valence-corrected chi connectivity index (χ2v) is 6.60. The highest BCUT2D eigenvalue weighted by Crippen LogP contribution is 2.13. The maximum absolute atomic E-state index is 12.3. The number of amides is 1. The molecule has 4 nitrogen and oxygen atoms in total. The predicted octanol–water partition coefficient (Wildman–Crippen LogP) is 3.23. The Morgan fingerprint density at radius 3 is 2.54 bits per heavy atom. The molecule has 0 aromatic heterocycles. The molecule has 1 saturated heterocycles. The molecule has 1 aliphatic rings. The normalized spacial score (nSPS) is 15.3. The van der Waals surface area contributed by atoms with Gasteiger partial charge in [0, 0.05) is 32.7 Å². The van der Waals surface area contributed by atoms with Crippen molar-refractivity contribution in [2.75, 3.05) is 39.3 Å². The Bertz CT molecular complexity index is 735. The number of piperazine rings is 1. The van der Waals surface area contributed by atoms with Gasteiger partial charge in [0.25, 0.3) is 5.91 Å². The quantitative estimate of drug-likeness (QED) is 0.802. The molecule has 1 aliphatic heterocycles. The van der Waals surface area contributed by atoms with Gasteiger partial charge in [-0.15, -0.1) is 0 Å². The number of carbonyl (C=O) groups is 1. The van der Waals surface area contributed by atoms with Crippen LogP contribution in [0.2, 0.25) is 0 Å². The summed E-state index contributed by atoms with van der Waals surface area (Å²) in [7, 11) is 0. The summed E-state index contributed by atoms with van der Waals surface area (Å²) >= 11 is 0. The molecule has 0 atom stereocenters. The van der Waals surface area contributed by atoms with Crippen LogP contribution in [0, 0.1) is 6.92 Å². The summed E-state index contributed by atoms with van der Waals surface area (Å²) in [4.78, 5) is 16.6. The molecule has 1 amide bonds. The van der Waals surface area contributed by atoms with Gasteiger partial charge in [0.1, 0.15) is 5.75 Å². The molecular formula is C22H26N2O2. The molecule has 26 heavy (non-hydrogen) atoms. The lowest BCUT2D eigenvalue weighted by molar-refractivity contribution is -0.135. The van der Waals surface area contributed by atoms with Crippen LogP contribution in [-0.4, -0.2) is 55.0 Å². The van der Waals surface area contributed by atoms with Crippen molar-refractivity contribution in [2.24, 2.45) is 0 Å². The fourth-order valence-electron chi connectivity index (χ4n) is 3.02. The number of hydrogen-bond acceptors (Lipinski definition) is 3. The first kappa shape index (κ1) is 18.2. The Hall–Kier alpha value is -2.59. The first-order chi connectivity index (χ1) is 12.7. The van der Waals surface area contributed by atoms with Gasteiger partial charge in [-0.1, -0.05) is 54.6 Å². The molecule has 0 radical (unpaired) electrons. The maximum Gasteiger partial charge on any atom is 0.260 e. The summed E-state index contributed by atoms with van der Waals surface area (Å²) in [5, 5.41) is 0. The van der Waals surface area contributed by atoms with Gasteiger partial charge in [-0.2, -0.15) is 0 Å². The van der Waals surface area contributed by atoms with Crippen LogP contribution in [0.5, 0.6) is 5.75 Å². The minimum absolute atomic E-state index is 0.0611. The smallest absolute Gasteiger partial charge is 0.260 e. The molecule has 0 N–H and O–H groups in total. The van der Waals surface area contributed by atoms with Crippen LogP contribution in [0.3, 0.4) is 0 Å². The van der Waals surface area contributed by atoms with Gasteiger partial charge in [0.15, 0.2) is 6.61 Å². The first-order valence-electron chi connectivity index (χ1n) is 9.12. The Kier molecular flexibility index (Phi) is 6.45. The maximum atomic E-state index is 12.3. The van der Waals surface area contributed by atoms with Crippen molar-refractivity contribution in [1.29, 1.82) is 0 Å². The molecule has 0 bridgehead atoms. The van der Waals surface area contributed by atoms with Crippen molar-refractivity contribution in [1.82, 2.24) is 9.80 Å². The van der Waals surface area contributed by atoms with Crippen LogP contribution in [-0.2, 0) is 4.79 Å². The summed E-state index contributed by atoms with van der Waals surface area (Å²) in [5.41, 5.74) is 2.35. The van der Waals surface area contributed by atoms with E-state index in [0.717, 1.165) is 44.0 Å². The van der Waals surface area contributed by atoms with E-state index in [4.69, 9.17) is 4.74 Å². The average Bonchev–Trinajstić information content (AvgIpc) is 2.68. The van der Waals surface area contributed by atoms with Gasteiger partial charge in [-0.3, -0.25) is 9.69 Å². The van der Waals surface area contributed by atoms with E-state index in [1.54, 1.807) is 0 Å². The summed E-state index contributed by atoms with van der Waals surface area (Å²) in [6.45, 7) is 6.35. The number of carbonyl (C=O) groups excluding carboxylic acids is 1. The SMILES string of the molecule is Cc1cccc(OCC(=O)N2CCN(C/C=C/c3ccccc3)CC2)c1. The van der Waals surface area contributed by atoms with E-state index in [1.165, 1.54) is 5.56 Å². The topological polar surface area (TPSA) is 32.8 Å². The molecule has 0 spiro atoms. The Morgan fingerprint density at radius 2 is 1.81 bits per heavy atom. The Balaban J connectivity index is 1.39. The van der Waals surface area contributed by atoms with Crippen LogP contribution >= 0.6 is 0 Å². The van der Waals surface area contributed by atoms with Crippen LogP contribution in [0.25, 0.3) is 6.08 Å². The number of ether oxygens (including phenoxy) is 1. The lowest BCUT2D eigenvalue weighted by Gasteiger charge is -2.34. The monoisotopic (exact) mass is 350 g/mol. The highest BCUT2D eigenvalue weighted by atomic mass is 16.5. The zero-order chi connectivity index (χ0) is 18.2. The fourth-order valence-corrected chi connectivity index (χ4v) is 3.02. The van der Waals surface area contributed by atoms with E-state index in [-0.39, 0.29) is 12.5 Å². The van der Waals surface area contributed by atoms with Crippen molar-refractivity contribution < 1.29 is 9.53 Å². The van der Waals surface area contributed by atoms with Crippen molar-refractivity contribution in [3.63, 3.8) is 0 Å². The number of benzene rings is 2. The van der Waals surface area contributed by atoms with E-state index in [1.807, 2.05) is 54.3 Å². The fraction of sp³-hybridized carbons (Fsp3) is 0.318. The second kappa shape index (κ2) is 9.20. The number of rotatable bonds is 6. The lowest BCUT2D eigenvalue weighted by Crippen LogP contribution is -2.49. The van der Waals surface area contributed by atoms with Gasteiger partial charge < -0.3 is 9.64 Å². The third-order valence-electron chi connectivity index (χ3n) is 4.55. The van der Waals surface area contributed by atoms with Gasteiger partial charge in [-0.05, 0) is 30.2 Å². The largest absolute Gasteiger partial charge is 0.484 e. The van der Waals surface area contributed by atoms with Crippen LogP contribution in [0.4, 0.5) is 0 Å². The first-order valence-corrected chi connectivity index (χ1v) is 9.12. The highest BCUT2D eigenvalue weighted by molar-refractivity contribution is 5.77.